The maximum Gasteiger partial charge on any atom is 0.230 e. The van der Waals surface area contributed by atoms with Crippen LogP contribution in [0.1, 0.15) is 0 Å². The number of hydrogen-bond donors (Lipinski definition) is 0. The van der Waals surface area contributed by atoms with E-state index in [1.54, 1.807) is 22.7 Å². The second-order valence-corrected chi connectivity index (χ2v) is 14.1. The molecule has 0 unspecified atom stereocenters. The van der Waals surface area contributed by atoms with Crippen molar-refractivity contribution in [3.05, 3.63) is 144 Å². The number of rotatable bonds is 6. The molecule has 9 heteroatoms. The minimum Gasteiger partial charge on any atom is -0.456 e. The Bertz CT molecular complexity index is 2860. The molecule has 0 aliphatic carbocycles. The largest absolute Gasteiger partial charge is 0.456 e. The average Bonchev–Trinajstić information content (AvgIpc) is 4.01. The van der Waals surface area contributed by atoms with Crippen molar-refractivity contribution in [3.8, 4) is 0 Å². The van der Waals surface area contributed by atoms with E-state index in [-0.39, 0.29) is 0 Å². The summed E-state index contributed by atoms with van der Waals surface area (Å²) in [6.45, 7) is 0. The van der Waals surface area contributed by atoms with Crippen molar-refractivity contribution in [2.75, 3.05) is 9.80 Å². The van der Waals surface area contributed by atoms with Gasteiger partial charge >= 0.3 is 0 Å². The quantitative estimate of drug-likeness (QED) is 0.171. The normalized spacial score (nSPS) is 11.9. The first-order valence-corrected chi connectivity index (χ1v) is 18.2. The maximum absolute atomic E-state index is 6.50. The van der Waals surface area contributed by atoms with Gasteiger partial charge in [-0.05, 0) is 83.6 Å². The van der Waals surface area contributed by atoms with Crippen molar-refractivity contribution in [2.24, 2.45) is 0 Å². The highest BCUT2D eigenvalue weighted by atomic mass is 32.1. The topological polar surface area (TPSA) is 71.7 Å². The van der Waals surface area contributed by atoms with E-state index in [0.717, 1.165) is 87.7 Å². The SMILES string of the molecule is c1csc(N(c2ccc3c(c2)oc2ccccc23)c2cnc3c(c2)oc2nc(N(c4ccc5c(c4)oc4ccccc45)c4cccs4)ccc23)c1. The first-order valence-electron chi connectivity index (χ1n) is 16.4. The Balaban J connectivity index is 1.02. The number of furan rings is 3. The number of pyridine rings is 2. The molecule has 7 heterocycles. The predicted molar refractivity (Wildman–Crippen MR) is 209 cm³/mol. The zero-order valence-electron chi connectivity index (χ0n) is 26.7. The molecular weight excluding hydrogens is 673 g/mol. The van der Waals surface area contributed by atoms with Crippen LogP contribution in [-0.2, 0) is 0 Å². The molecule has 11 aromatic rings. The lowest BCUT2D eigenvalue weighted by atomic mass is 10.1. The van der Waals surface area contributed by atoms with Gasteiger partial charge in [0.2, 0.25) is 5.71 Å². The predicted octanol–water partition coefficient (Wildman–Crippen LogP) is 13.2. The van der Waals surface area contributed by atoms with Gasteiger partial charge in [0, 0.05) is 39.7 Å². The minimum absolute atomic E-state index is 0.518. The van der Waals surface area contributed by atoms with E-state index in [1.807, 2.05) is 66.9 Å². The lowest BCUT2D eigenvalue weighted by molar-refractivity contribution is 0.653. The molecule has 242 valence electrons. The van der Waals surface area contributed by atoms with Gasteiger partial charge in [0.1, 0.15) is 38.7 Å². The monoisotopic (exact) mass is 696 g/mol. The number of para-hydroxylation sites is 2. The summed E-state index contributed by atoms with van der Waals surface area (Å²) in [6.07, 6.45) is 1.90. The van der Waals surface area contributed by atoms with Gasteiger partial charge < -0.3 is 18.2 Å². The molecule has 0 bridgehead atoms. The summed E-state index contributed by atoms with van der Waals surface area (Å²) in [5, 5.41) is 11.4. The molecule has 0 aliphatic heterocycles. The molecule has 0 saturated carbocycles. The molecule has 7 aromatic heterocycles. The van der Waals surface area contributed by atoms with E-state index in [4.69, 9.17) is 23.2 Å². The third-order valence-corrected chi connectivity index (χ3v) is 11.0. The third-order valence-electron chi connectivity index (χ3n) is 9.33. The Labute approximate surface area is 297 Å². The Kier molecular flexibility index (Phi) is 6.16. The molecule has 0 saturated heterocycles. The van der Waals surface area contributed by atoms with Crippen molar-refractivity contribution >= 4 is 122 Å². The van der Waals surface area contributed by atoms with Gasteiger partial charge in [0.25, 0.3) is 0 Å². The molecule has 0 N–H and O–H groups in total. The smallest absolute Gasteiger partial charge is 0.230 e. The highest BCUT2D eigenvalue weighted by Gasteiger charge is 2.22. The fourth-order valence-corrected chi connectivity index (χ4v) is 8.56. The van der Waals surface area contributed by atoms with E-state index in [2.05, 4.69) is 87.3 Å². The van der Waals surface area contributed by atoms with Crippen LogP contribution in [0.15, 0.2) is 158 Å². The molecule has 0 spiro atoms. The van der Waals surface area contributed by atoms with Crippen LogP contribution >= 0.6 is 22.7 Å². The van der Waals surface area contributed by atoms with Crippen molar-refractivity contribution < 1.29 is 13.3 Å². The van der Waals surface area contributed by atoms with E-state index < -0.39 is 0 Å². The second-order valence-electron chi connectivity index (χ2n) is 12.3. The molecule has 7 nitrogen and oxygen atoms in total. The summed E-state index contributed by atoms with van der Waals surface area (Å²) in [5.41, 5.74) is 8.12. The highest BCUT2D eigenvalue weighted by molar-refractivity contribution is 7.14. The van der Waals surface area contributed by atoms with E-state index >= 15 is 0 Å². The van der Waals surface area contributed by atoms with E-state index in [0.29, 0.717) is 11.3 Å². The van der Waals surface area contributed by atoms with Crippen LogP contribution in [0.3, 0.4) is 0 Å². The first kappa shape index (κ1) is 28.4. The first-order chi connectivity index (χ1) is 25.2. The Morgan fingerprint density at radius 1 is 0.451 bits per heavy atom. The molecule has 0 radical (unpaired) electrons. The Hall–Kier alpha value is -6.42. The van der Waals surface area contributed by atoms with Gasteiger partial charge in [-0.2, -0.15) is 4.98 Å². The summed E-state index contributed by atoms with van der Waals surface area (Å²) < 4.78 is 19.0. The van der Waals surface area contributed by atoms with E-state index in [9.17, 15) is 0 Å². The summed E-state index contributed by atoms with van der Waals surface area (Å²) in [7, 11) is 0. The van der Waals surface area contributed by atoms with Crippen LogP contribution in [0.4, 0.5) is 32.9 Å². The summed E-state index contributed by atoms with van der Waals surface area (Å²) in [6, 6.07) is 43.3. The highest BCUT2D eigenvalue weighted by Crippen LogP contribution is 2.43. The number of nitrogens with zero attached hydrogens (tertiary/aromatic N) is 4. The molecule has 11 rings (SSSR count). The van der Waals surface area contributed by atoms with Crippen molar-refractivity contribution in [2.45, 2.75) is 0 Å². The van der Waals surface area contributed by atoms with Crippen LogP contribution in [0.2, 0.25) is 0 Å². The number of aromatic nitrogens is 2. The van der Waals surface area contributed by atoms with Gasteiger partial charge in [0.15, 0.2) is 5.58 Å². The van der Waals surface area contributed by atoms with Crippen molar-refractivity contribution in [1.29, 1.82) is 0 Å². The average molecular weight is 697 g/mol. The molecule has 0 atom stereocenters. The summed E-state index contributed by atoms with van der Waals surface area (Å²) in [4.78, 5) is 14.3. The summed E-state index contributed by atoms with van der Waals surface area (Å²) >= 11 is 3.30. The molecule has 0 aliphatic rings. The van der Waals surface area contributed by atoms with Crippen LogP contribution in [0.25, 0.3) is 66.1 Å². The molecular formula is C42H24N4O3S2. The molecule has 4 aromatic carbocycles. The number of benzene rings is 4. The molecule has 0 amide bonds. The van der Waals surface area contributed by atoms with Crippen LogP contribution in [0, 0.1) is 0 Å². The zero-order chi connectivity index (χ0) is 33.5. The molecule has 0 fully saturated rings. The van der Waals surface area contributed by atoms with Crippen LogP contribution < -0.4 is 9.80 Å². The maximum atomic E-state index is 6.50. The zero-order valence-corrected chi connectivity index (χ0v) is 28.3. The van der Waals surface area contributed by atoms with Crippen LogP contribution in [-0.4, -0.2) is 9.97 Å². The van der Waals surface area contributed by atoms with E-state index in [1.165, 1.54) is 0 Å². The number of anilines is 6. The Morgan fingerprint density at radius 2 is 1.02 bits per heavy atom. The molecule has 51 heavy (non-hydrogen) atoms. The standard InChI is InChI=1S/C42H24N4O3S2/c1-3-9-33-28(7-1)30-15-13-25(21-35(30)47-33)45(39-11-5-19-50-39)27-23-37-41(43-24-27)32-17-18-38(44-42(32)49-37)46(40-12-6-20-51-40)26-14-16-31-29-8-2-4-10-34(29)48-36(31)22-26/h1-24H. The third kappa shape index (κ3) is 4.49. The number of hydrogen-bond acceptors (Lipinski definition) is 9. The lowest BCUT2D eigenvalue weighted by Crippen LogP contribution is -2.09. The number of fused-ring (bicyclic) bond motifs is 9. The van der Waals surface area contributed by atoms with Gasteiger partial charge in [-0.3, -0.25) is 4.90 Å². The van der Waals surface area contributed by atoms with Crippen molar-refractivity contribution in [3.63, 3.8) is 0 Å². The fourth-order valence-electron chi connectivity index (χ4n) is 7.03. The number of thiophene rings is 2. The van der Waals surface area contributed by atoms with Gasteiger partial charge in [-0.1, -0.05) is 36.4 Å². The van der Waals surface area contributed by atoms with Crippen LogP contribution in [0.5, 0.6) is 0 Å². The second kappa shape index (κ2) is 11.0. The Morgan fingerprint density at radius 3 is 1.67 bits per heavy atom. The van der Waals surface area contributed by atoms with Crippen molar-refractivity contribution in [1.82, 2.24) is 9.97 Å². The van der Waals surface area contributed by atoms with Gasteiger partial charge in [0.05, 0.1) is 33.6 Å². The summed E-state index contributed by atoms with van der Waals surface area (Å²) in [5.74, 6) is 0.735. The fraction of sp³-hybridized carbons (Fsp3) is 0. The lowest BCUT2D eigenvalue weighted by Gasteiger charge is -2.23. The minimum atomic E-state index is 0.518. The van der Waals surface area contributed by atoms with Gasteiger partial charge in [-0.25, -0.2) is 4.98 Å². The van der Waals surface area contributed by atoms with Gasteiger partial charge in [-0.15, -0.1) is 22.7 Å².